The van der Waals surface area contributed by atoms with Crippen molar-refractivity contribution in [1.82, 2.24) is 20.2 Å². The number of oxime groups is 1. The van der Waals surface area contributed by atoms with Crippen molar-refractivity contribution < 1.29 is 14.0 Å². The van der Waals surface area contributed by atoms with Crippen LogP contribution in [0.2, 0.25) is 0 Å². The second-order valence-corrected chi connectivity index (χ2v) is 8.36. The van der Waals surface area contributed by atoms with E-state index in [1.165, 1.54) is 17.4 Å². The Morgan fingerprint density at radius 2 is 2.10 bits per heavy atom. The van der Waals surface area contributed by atoms with E-state index < -0.39 is 0 Å². The van der Waals surface area contributed by atoms with Crippen LogP contribution in [0.3, 0.4) is 0 Å². The Balaban J connectivity index is 1.27. The maximum Gasteiger partial charge on any atom is 0.341 e. The van der Waals surface area contributed by atoms with Gasteiger partial charge in [0.15, 0.2) is 0 Å². The monoisotopic (exact) mass is 424 g/mol. The largest absolute Gasteiger partial charge is 0.368 e. The predicted molar refractivity (Wildman–Crippen MR) is 109 cm³/mol. The van der Waals surface area contributed by atoms with Crippen molar-refractivity contribution in [1.29, 1.82) is 0 Å². The third kappa shape index (κ3) is 3.43. The van der Waals surface area contributed by atoms with Crippen molar-refractivity contribution in [2.24, 2.45) is 5.16 Å². The Hall–Kier alpha value is -3.27. The lowest BCUT2D eigenvalue weighted by atomic mass is 9.66. The Kier molecular flexibility index (Phi) is 4.70. The standard InChI is InChI=1S/C20H17FN6O2S/c21-12-3-1-8-22-18(12)20(6-2-7-20)11-24-16-5-4-13(25-26-16)19-23-10-15(30-19)14-9-17(28)29-27-14/h1,3-5,8,10H,2,6-7,9,11H2,(H,24,26). The molecule has 0 radical (unpaired) electrons. The molecule has 8 nitrogen and oxygen atoms in total. The fourth-order valence-electron chi connectivity index (χ4n) is 3.64. The third-order valence-corrected chi connectivity index (χ3v) is 6.49. The van der Waals surface area contributed by atoms with Crippen LogP contribution in [-0.4, -0.2) is 38.4 Å². The highest BCUT2D eigenvalue weighted by Gasteiger charge is 2.41. The first-order valence-corrected chi connectivity index (χ1v) is 10.4. The molecule has 0 bridgehead atoms. The smallest absolute Gasteiger partial charge is 0.341 e. The van der Waals surface area contributed by atoms with E-state index in [9.17, 15) is 9.18 Å². The molecule has 1 saturated carbocycles. The summed E-state index contributed by atoms with van der Waals surface area (Å²) in [5, 5.41) is 16.2. The number of hydrogen-bond donors (Lipinski definition) is 1. The van der Waals surface area contributed by atoms with Gasteiger partial charge >= 0.3 is 5.97 Å². The van der Waals surface area contributed by atoms with Crippen LogP contribution < -0.4 is 5.32 Å². The molecule has 30 heavy (non-hydrogen) atoms. The lowest BCUT2D eigenvalue weighted by Gasteiger charge is -2.41. The number of pyridine rings is 1. The molecule has 152 valence electrons. The maximum absolute atomic E-state index is 14.2. The molecule has 3 aromatic rings. The molecule has 0 spiro atoms. The highest BCUT2D eigenvalue weighted by Crippen LogP contribution is 2.43. The summed E-state index contributed by atoms with van der Waals surface area (Å²) >= 11 is 1.37. The normalized spacial score (nSPS) is 17.2. The molecule has 1 fully saturated rings. The zero-order valence-electron chi connectivity index (χ0n) is 15.8. The summed E-state index contributed by atoms with van der Waals surface area (Å²) in [6.07, 6.45) is 6.26. The van der Waals surface area contributed by atoms with E-state index in [2.05, 4.69) is 35.5 Å². The number of carbonyl (C=O) groups excluding carboxylic acids is 1. The van der Waals surface area contributed by atoms with E-state index in [0.717, 1.165) is 24.1 Å². The van der Waals surface area contributed by atoms with Crippen LogP contribution in [0.4, 0.5) is 10.2 Å². The number of halogens is 1. The number of anilines is 1. The molecule has 0 unspecified atom stereocenters. The quantitative estimate of drug-likeness (QED) is 0.606. The number of nitrogens with zero attached hydrogens (tertiary/aromatic N) is 5. The highest BCUT2D eigenvalue weighted by molar-refractivity contribution is 7.17. The molecular formula is C20H17FN6O2S. The van der Waals surface area contributed by atoms with Crippen LogP contribution >= 0.6 is 11.3 Å². The minimum atomic E-state index is -0.370. The van der Waals surface area contributed by atoms with E-state index in [0.29, 0.717) is 34.5 Å². The summed E-state index contributed by atoms with van der Waals surface area (Å²) in [6, 6.07) is 6.71. The van der Waals surface area contributed by atoms with Crippen molar-refractivity contribution in [2.75, 3.05) is 11.9 Å². The van der Waals surface area contributed by atoms with Crippen LogP contribution in [0.15, 0.2) is 41.8 Å². The molecule has 2 aliphatic rings. The Bertz CT molecular complexity index is 1130. The lowest BCUT2D eigenvalue weighted by Crippen LogP contribution is -2.42. The van der Waals surface area contributed by atoms with Gasteiger partial charge in [0.05, 0.1) is 17.0 Å². The van der Waals surface area contributed by atoms with Crippen molar-refractivity contribution in [3.8, 4) is 10.7 Å². The van der Waals surface area contributed by atoms with Crippen LogP contribution in [0, 0.1) is 5.82 Å². The van der Waals surface area contributed by atoms with Gasteiger partial charge in [-0.2, -0.15) is 0 Å². The molecule has 10 heteroatoms. The molecule has 0 saturated heterocycles. The maximum atomic E-state index is 14.2. The van der Waals surface area contributed by atoms with Gasteiger partial charge in [-0.15, -0.1) is 21.5 Å². The van der Waals surface area contributed by atoms with Crippen LogP contribution in [0.25, 0.3) is 10.7 Å². The van der Waals surface area contributed by atoms with Gasteiger partial charge in [-0.25, -0.2) is 14.2 Å². The summed E-state index contributed by atoms with van der Waals surface area (Å²) in [5.74, 6) is -0.0266. The summed E-state index contributed by atoms with van der Waals surface area (Å²) in [7, 11) is 0. The zero-order valence-corrected chi connectivity index (χ0v) is 16.7. The first-order valence-electron chi connectivity index (χ1n) is 9.55. The van der Waals surface area contributed by atoms with Crippen molar-refractivity contribution in [3.05, 3.63) is 53.0 Å². The van der Waals surface area contributed by atoms with Gasteiger partial charge in [0.25, 0.3) is 0 Å². The molecule has 1 aliphatic heterocycles. The van der Waals surface area contributed by atoms with Crippen molar-refractivity contribution >= 4 is 28.8 Å². The van der Waals surface area contributed by atoms with Gasteiger partial charge in [0.1, 0.15) is 28.0 Å². The second kappa shape index (κ2) is 7.52. The number of nitrogens with one attached hydrogen (secondary N) is 1. The summed E-state index contributed by atoms with van der Waals surface area (Å²) in [5.41, 5.74) is 1.40. The molecule has 1 N–H and O–H groups in total. The topological polar surface area (TPSA) is 102 Å². The molecule has 0 atom stereocenters. The number of thiazole rings is 1. The second-order valence-electron chi connectivity index (χ2n) is 7.33. The fraction of sp³-hybridized carbons (Fsp3) is 0.300. The lowest BCUT2D eigenvalue weighted by molar-refractivity contribution is -0.140. The first-order chi connectivity index (χ1) is 14.6. The van der Waals surface area contributed by atoms with Crippen molar-refractivity contribution in [3.63, 3.8) is 0 Å². The van der Waals surface area contributed by atoms with E-state index >= 15 is 0 Å². The summed E-state index contributed by atoms with van der Waals surface area (Å²) in [6.45, 7) is 0.546. The number of carbonyl (C=O) groups is 1. The van der Waals surface area contributed by atoms with E-state index in [1.54, 1.807) is 18.5 Å². The highest BCUT2D eigenvalue weighted by atomic mass is 32.1. The molecule has 0 amide bonds. The molecule has 5 rings (SSSR count). The van der Waals surface area contributed by atoms with Gasteiger partial charge in [-0.05, 0) is 37.1 Å². The minimum absolute atomic E-state index is 0.148. The fourth-order valence-corrected chi connectivity index (χ4v) is 4.50. The van der Waals surface area contributed by atoms with Crippen LogP contribution in [0.5, 0.6) is 0 Å². The van der Waals surface area contributed by atoms with Gasteiger partial charge < -0.3 is 10.2 Å². The Labute approximate surface area is 175 Å². The number of hydrogen-bond acceptors (Lipinski definition) is 9. The molecule has 0 aromatic carbocycles. The zero-order chi connectivity index (χ0) is 20.6. The average molecular weight is 424 g/mol. The van der Waals surface area contributed by atoms with E-state index in [4.69, 9.17) is 0 Å². The number of aromatic nitrogens is 4. The van der Waals surface area contributed by atoms with E-state index in [-0.39, 0.29) is 23.6 Å². The van der Waals surface area contributed by atoms with Crippen LogP contribution in [0.1, 0.15) is 36.3 Å². The molecular weight excluding hydrogens is 407 g/mol. The predicted octanol–water partition coefficient (Wildman–Crippen LogP) is 3.32. The van der Waals surface area contributed by atoms with Gasteiger partial charge in [-0.1, -0.05) is 11.6 Å². The Morgan fingerprint density at radius 1 is 1.20 bits per heavy atom. The van der Waals surface area contributed by atoms with E-state index in [1.807, 2.05) is 12.1 Å². The SMILES string of the molecule is O=C1CC(c2cnc(-c3ccc(NCC4(c5ncccc5F)CCC4)nn3)s2)=NO1. The molecule has 3 aromatic heterocycles. The van der Waals surface area contributed by atoms with Gasteiger partial charge in [0.2, 0.25) is 0 Å². The van der Waals surface area contributed by atoms with Crippen molar-refractivity contribution in [2.45, 2.75) is 31.1 Å². The summed E-state index contributed by atoms with van der Waals surface area (Å²) < 4.78 is 14.2. The molecule has 1 aliphatic carbocycles. The van der Waals surface area contributed by atoms with Gasteiger partial charge in [-0.3, -0.25) is 4.98 Å². The third-order valence-electron chi connectivity index (χ3n) is 5.42. The van der Waals surface area contributed by atoms with Crippen LogP contribution in [-0.2, 0) is 15.0 Å². The summed E-state index contributed by atoms with van der Waals surface area (Å²) in [4.78, 5) is 25.2. The number of rotatable bonds is 6. The molecule has 4 heterocycles. The first kappa shape index (κ1) is 18.7. The Morgan fingerprint density at radius 3 is 2.77 bits per heavy atom. The average Bonchev–Trinajstić information content (AvgIpc) is 3.38. The minimum Gasteiger partial charge on any atom is -0.368 e. The van der Waals surface area contributed by atoms with Gasteiger partial charge in [0, 0.05) is 24.4 Å².